The van der Waals surface area contributed by atoms with E-state index in [9.17, 15) is 12.8 Å². The Morgan fingerprint density at radius 3 is 2.45 bits per heavy atom. The molecular weight excluding hydrogens is 279 g/mol. The summed E-state index contributed by atoms with van der Waals surface area (Å²) in [4.78, 5) is 3.72. The molecule has 2 aromatic rings. The van der Waals surface area contributed by atoms with E-state index in [1.807, 2.05) is 0 Å². The van der Waals surface area contributed by atoms with Crippen LogP contribution in [0.2, 0.25) is 0 Å². The SMILES string of the molecule is C=C(C)c1c(-c2cccc(F)n2)cccc1S(N)(=O)=O. The van der Waals surface area contributed by atoms with E-state index in [1.165, 1.54) is 24.3 Å². The number of rotatable bonds is 3. The zero-order valence-electron chi connectivity index (χ0n) is 10.8. The second-order valence-electron chi connectivity index (χ2n) is 4.35. The van der Waals surface area contributed by atoms with E-state index in [4.69, 9.17) is 5.14 Å². The van der Waals surface area contributed by atoms with Gasteiger partial charge in [-0.1, -0.05) is 24.8 Å². The van der Waals surface area contributed by atoms with E-state index >= 15 is 0 Å². The van der Waals surface area contributed by atoms with Gasteiger partial charge in [0.2, 0.25) is 16.0 Å². The fourth-order valence-electron chi connectivity index (χ4n) is 1.98. The molecule has 0 aliphatic rings. The maximum absolute atomic E-state index is 13.2. The van der Waals surface area contributed by atoms with Gasteiger partial charge in [-0.25, -0.2) is 18.5 Å². The van der Waals surface area contributed by atoms with Gasteiger partial charge in [0, 0.05) is 11.1 Å². The van der Waals surface area contributed by atoms with Crippen LogP contribution in [-0.2, 0) is 10.0 Å². The minimum Gasteiger partial charge on any atom is -0.225 e. The first-order valence-electron chi connectivity index (χ1n) is 5.75. The maximum atomic E-state index is 13.2. The molecule has 20 heavy (non-hydrogen) atoms. The molecule has 104 valence electrons. The Bertz CT molecular complexity index is 786. The molecule has 2 N–H and O–H groups in total. The quantitative estimate of drug-likeness (QED) is 0.884. The summed E-state index contributed by atoms with van der Waals surface area (Å²) >= 11 is 0. The first kappa shape index (κ1) is 14.4. The second-order valence-corrected chi connectivity index (χ2v) is 5.88. The monoisotopic (exact) mass is 292 g/mol. The Morgan fingerprint density at radius 2 is 1.90 bits per heavy atom. The summed E-state index contributed by atoms with van der Waals surface area (Å²) in [5.41, 5.74) is 1.67. The Balaban J connectivity index is 2.81. The minimum atomic E-state index is -3.90. The fourth-order valence-corrected chi connectivity index (χ4v) is 2.82. The van der Waals surface area contributed by atoms with E-state index in [0.29, 0.717) is 22.4 Å². The van der Waals surface area contributed by atoms with Crippen LogP contribution >= 0.6 is 0 Å². The van der Waals surface area contributed by atoms with Gasteiger partial charge in [-0.2, -0.15) is 4.39 Å². The number of halogens is 1. The molecule has 6 heteroatoms. The van der Waals surface area contributed by atoms with Crippen molar-refractivity contribution in [1.29, 1.82) is 0 Å². The molecule has 0 bridgehead atoms. The summed E-state index contributed by atoms with van der Waals surface area (Å²) in [5, 5.41) is 5.21. The molecule has 1 heterocycles. The van der Waals surface area contributed by atoms with Crippen LogP contribution in [0.1, 0.15) is 12.5 Å². The number of hydrogen-bond donors (Lipinski definition) is 1. The van der Waals surface area contributed by atoms with E-state index in [2.05, 4.69) is 11.6 Å². The third kappa shape index (κ3) is 2.76. The van der Waals surface area contributed by atoms with Gasteiger partial charge in [-0.15, -0.1) is 0 Å². The van der Waals surface area contributed by atoms with Crippen molar-refractivity contribution in [3.8, 4) is 11.3 Å². The Morgan fingerprint density at radius 1 is 1.25 bits per heavy atom. The van der Waals surface area contributed by atoms with Crippen molar-refractivity contribution in [2.24, 2.45) is 5.14 Å². The Labute approximate surface area is 116 Å². The van der Waals surface area contributed by atoms with Crippen LogP contribution in [0, 0.1) is 5.95 Å². The number of nitrogens with two attached hydrogens (primary N) is 1. The van der Waals surface area contributed by atoms with E-state index in [1.54, 1.807) is 19.1 Å². The number of benzene rings is 1. The summed E-state index contributed by atoms with van der Waals surface area (Å²) in [6.07, 6.45) is 0. The number of pyridine rings is 1. The number of sulfonamides is 1. The van der Waals surface area contributed by atoms with Gasteiger partial charge < -0.3 is 0 Å². The van der Waals surface area contributed by atoms with Gasteiger partial charge in [-0.3, -0.25) is 0 Å². The summed E-state index contributed by atoms with van der Waals surface area (Å²) in [6.45, 7) is 5.43. The lowest BCUT2D eigenvalue weighted by Gasteiger charge is -2.13. The Kier molecular flexibility index (Phi) is 3.69. The topological polar surface area (TPSA) is 73.0 Å². The van der Waals surface area contributed by atoms with Crippen LogP contribution in [0.5, 0.6) is 0 Å². The van der Waals surface area contributed by atoms with Crippen molar-refractivity contribution in [3.63, 3.8) is 0 Å². The molecular formula is C14H13FN2O2S. The van der Waals surface area contributed by atoms with Crippen LogP contribution in [-0.4, -0.2) is 13.4 Å². The zero-order chi connectivity index (χ0) is 14.9. The van der Waals surface area contributed by atoms with Crippen LogP contribution in [0.3, 0.4) is 0 Å². The molecule has 0 fully saturated rings. The highest BCUT2D eigenvalue weighted by atomic mass is 32.2. The summed E-state index contributed by atoms with van der Waals surface area (Å²) in [7, 11) is -3.90. The third-order valence-corrected chi connectivity index (χ3v) is 3.70. The van der Waals surface area contributed by atoms with Gasteiger partial charge in [0.1, 0.15) is 0 Å². The number of aromatic nitrogens is 1. The average molecular weight is 292 g/mol. The molecule has 0 saturated heterocycles. The number of nitrogens with zero attached hydrogens (tertiary/aromatic N) is 1. The van der Waals surface area contributed by atoms with Crippen LogP contribution in [0.4, 0.5) is 4.39 Å². The molecule has 0 unspecified atom stereocenters. The predicted molar refractivity (Wildman–Crippen MR) is 75.7 cm³/mol. The molecule has 1 aromatic carbocycles. The summed E-state index contributed by atoms with van der Waals surface area (Å²) < 4.78 is 36.5. The van der Waals surface area contributed by atoms with Crippen molar-refractivity contribution in [2.45, 2.75) is 11.8 Å². The first-order chi connectivity index (χ1) is 9.30. The van der Waals surface area contributed by atoms with Crippen LogP contribution < -0.4 is 5.14 Å². The van der Waals surface area contributed by atoms with E-state index in [0.717, 1.165) is 0 Å². The third-order valence-electron chi connectivity index (χ3n) is 2.75. The van der Waals surface area contributed by atoms with Crippen molar-refractivity contribution < 1.29 is 12.8 Å². The van der Waals surface area contributed by atoms with Crippen molar-refractivity contribution in [2.75, 3.05) is 0 Å². The lowest BCUT2D eigenvalue weighted by atomic mass is 9.99. The summed E-state index contributed by atoms with van der Waals surface area (Å²) in [6, 6.07) is 8.89. The van der Waals surface area contributed by atoms with Gasteiger partial charge in [0.05, 0.1) is 10.6 Å². The molecule has 2 rings (SSSR count). The van der Waals surface area contributed by atoms with Gasteiger partial charge in [-0.05, 0) is 30.7 Å². The highest BCUT2D eigenvalue weighted by molar-refractivity contribution is 7.89. The second kappa shape index (κ2) is 5.15. The van der Waals surface area contributed by atoms with Crippen molar-refractivity contribution in [3.05, 3.63) is 54.5 Å². The lowest BCUT2D eigenvalue weighted by Crippen LogP contribution is -2.14. The van der Waals surface area contributed by atoms with Crippen molar-refractivity contribution >= 4 is 15.6 Å². The normalized spacial score (nSPS) is 11.3. The molecule has 0 spiro atoms. The van der Waals surface area contributed by atoms with E-state index < -0.39 is 16.0 Å². The predicted octanol–water partition coefficient (Wildman–Crippen LogP) is 2.57. The number of allylic oxidation sites excluding steroid dienone is 1. The molecule has 0 radical (unpaired) electrons. The minimum absolute atomic E-state index is 0.0476. The van der Waals surface area contributed by atoms with Gasteiger partial charge >= 0.3 is 0 Å². The fraction of sp³-hybridized carbons (Fsp3) is 0.0714. The molecule has 0 atom stereocenters. The lowest BCUT2D eigenvalue weighted by molar-refractivity contribution is 0.585. The molecule has 0 saturated carbocycles. The van der Waals surface area contributed by atoms with Crippen LogP contribution in [0.15, 0.2) is 47.9 Å². The van der Waals surface area contributed by atoms with Crippen molar-refractivity contribution in [1.82, 2.24) is 4.98 Å². The average Bonchev–Trinajstić information content (AvgIpc) is 2.36. The highest BCUT2D eigenvalue weighted by Gasteiger charge is 2.19. The largest absolute Gasteiger partial charge is 0.238 e. The van der Waals surface area contributed by atoms with Gasteiger partial charge in [0.25, 0.3) is 0 Å². The summed E-state index contributed by atoms with van der Waals surface area (Å²) in [5.74, 6) is -0.642. The molecule has 1 aromatic heterocycles. The highest BCUT2D eigenvalue weighted by Crippen LogP contribution is 2.31. The molecule has 0 aliphatic heterocycles. The molecule has 4 nitrogen and oxygen atoms in total. The molecule has 0 aliphatic carbocycles. The van der Waals surface area contributed by atoms with E-state index in [-0.39, 0.29) is 4.90 Å². The standard InChI is InChI=1S/C14H13FN2O2S/c1-9(2)14-10(11-6-4-8-13(15)17-11)5-3-7-12(14)20(16,18)19/h3-8H,1H2,2H3,(H2,16,18,19). The Hall–Kier alpha value is -2.05. The smallest absolute Gasteiger partial charge is 0.225 e. The molecule has 0 amide bonds. The first-order valence-corrected chi connectivity index (χ1v) is 7.30. The van der Waals surface area contributed by atoms with Crippen LogP contribution in [0.25, 0.3) is 16.8 Å². The van der Waals surface area contributed by atoms with Gasteiger partial charge in [0.15, 0.2) is 0 Å². The number of primary sulfonamides is 1. The number of hydrogen-bond acceptors (Lipinski definition) is 3. The maximum Gasteiger partial charge on any atom is 0.238 e. The zero-order valence-corrected chi connectivity index (χ0v) is 11.6.